The van der Waals surface area contributed by atoms with Gasteiger partial charge < -0.3 is 0 Å². The van der Waals surface area contributed by atoms with E-state index in [9.17, 15) is 4.79 Å². The summed E-state index contributed by atoms with van der Waals surface area (Å²) >= 11 is 9.18. The predicted molar refractivity (Wildman–Crippen MR) is 92.7 cm³/mol. The zero-order valence-corrected chi connectivity index (χ0v) is 13.6. The lowest BCUT2D eigenvalue weighted by molar-refractivity contribution is -0.115. The van der Waals surface area contributed by atoms with Crippen molar-refractivity contribution < 1.29 is 4.79 Å². The molecule has 0 unspecified atom stereocenters. The van der Waals surface area contributed by atoms with Crippen LogP contribution in [0.5, 0.6) is 0 Å². The van der Waals surface area contributed by atoms with Crippen LogP contribution >= 0.6 is 34.7 Å². The number of Topliss-reactive ketones (excluding diaryl/α,β-unsaturated/α-hetero) is 1. The molecule has 1 heterocycles. The van der Waals surface area contributed by atoms with Gasteiger partial charge in [-0.25, -0.2) is 0 Å². The van der Waals surface area contributed by atoms with Crippen molar-refractivity contribution in [3.8, 4) is 0 Å². The van der Waals surface area contributed by atoms with Crippen LogP contribution in [0.2, 0.25) is 5.02 Å². The van der Waals surface area contributed by atoms with Gasteiger partial charge in [0.25, 0.3) is 0 Å². The van der Waals surface area contributed by atoms with E-state index >= 15 is 0 Å². The van der Waals surface area contributed by atoms with Crippen molar-refractivity contribution >= 4 is 50.6 Å². The van der Waals surface area contributed by atoms with E-state index in [-0.39, 0.29) is 5.78 Å². The molecule has 0 spiro atoms. The zero-order valence-electron chi connectivity index (χ0n) is 11.2. The molecule has 3 aromatic rings. The number of hydrogen-bond acceptors (Lipinski definition) is 3. The Hall–Kier alpha value is -1.29. The van der Waals surface area contributed by atoms with E-state index in [1.54, 1.807) is 11.3 Å². The van der Waals surface area contributed by atoms with Crippen LogP contribution in [-0.4, -0.2) is 11.5 Å². The third-order valence-corrected chi connectivity index (χ3v) is 5.45. The predicted octanol–water partition coefficient (Wildman–Crippen LogP) is 5.46. The van der Waals surface area contributed by atoms with Crippen molar-refractivity contribution in [2.45, 2.75) is 11.3 Å². The molecule has 0 radical (unpaired) electrons. The van der Waals surface area contributed by atoms with Crippen molar-refractivity contribution in [2.24, 2.45) is 0 Å². The quantitative estimate of drug-likeness (QED) is 0.577. The Bertz CT molecular complexity index is 779. The normalized spacial score (nSPS) is 10.9. The second-order valence-corrected chi connectivity index (χ2v) is 7.12. The lowest BCUT2D eigenvalue weighted by atomic mass is 10.1. The van der Waals surface area contributed by atoms with Crippen LogP contribution < -0.4 is 0 Å². The first kappa shape index (κ1) is 14.6. The summed E-state index contributed by atoms with van der Waals surface area (Å²) in [5.74, 6) is 0.716. The molecule has 21 heavy (non-hydrogen) atoms. The van der Waals surface area contributed by atoms with Crippen LogP contribution in [0.15, 0.2) is 58.8 Å². The first-order valence-corrected chi connectivity index (χ1v) is 8.82. The average molecular weight is 333 g/mol. The van der Waals surface area contributed by atoms with Gasteiger partial charge in [-0.2, -0.15) is 0 Å². The number of carbonyl (C=O) groups is 1. The van der Waals surface area contributed by atoms with Gasteiger partial charge in [-0.3, -0.25) is 4.79 Å². The maximum Gasteiger partial charge on any atom is 0.147 e. The molecular formula is C17H13ClOS2. The van der Waals surface area contributed by atoms with Gasteiger partial charge in [0.15, 0.2) is 0 Å². The van der Waals surface area contributed by atoms with Crippen molar-refractivity contribution in [3.05, 3.63) is 64.5 Å². The van der Waals surface area contributed by atoms with Crippen LogP contribution in [0.1, 0.15) is 5.56 Å². The standard InChI is InChI=1S/C17H13ClOS2/c18-13-4-3-5-15(9-13)20-11-14(19)8-12-10-21-17-7-2-1-6-16(12)17/h1-7,9-10H,8,11H2. The first-order valence-electron chi connectivity index (χ1n) is 6.57. The Labute approximate surface area is 136 Å². The molecule has 106 valence electrons. The van der Waals surface area contributed by atoms with Gasteiger partial charge in [-0.1, -0.05) is 35.9 Å². The number of fused-ring (bicyclic) bond motifs is 1. The number of halogens is 1. The Morgan fingerprint density at radius 1 is 1.14 bits per heavy atom. The Kier molecular flexibility index (Phi) is 4.63. The number of thiophene rings is 1. The van der Waals surface area contributed by atoms with E-state index in [1.807, 2.05) is 36.4 Å². The number of thioether (sulfide) groups is 1. The first-order chi connectivity index (χ1) is 10.2. The highest BCUT2D eigenvalue weighted by molar-refractivity contribution is 8.00. The minimum Gasteiger partial charge on any atom is -0.298 e. The van der Waals surface area contributed by atoms with E-state index in [1.165, 1.54) is 21.8 Å². The fourth-order valence-corrected chi connectivity index (χ4v) is 4.19. The second kappa shape index (κ2) is 6.65. The summed E-state index contributed by atoms with van der Waals surface area (Å²) in [4.78, 5) is 13.2. The highest BCUT2D eigenvalue weighted by atomic mass is 35.5. The molecular weight excluding hydrogens is 320 g/mol. The van der Waals surface area contributed by atoms with Crippen molar-refractivity contribution in [1.29, 1.82) is 0 Å². The zero-order chi connectivity index (χ0) is 14.7. The Morgan fingerprint density at radius 2 is 2.00 bits per heavy atom. The summed E-state index contributed by atoms with van der Waals surface area (Å²) in [6, 6.07) is 15.8. The van der Waals surface area contributed by atoms with E-state index in [2.05, 4.69) is 17.5 Å². The maximum absolute atomic E-state index is 12.2. The molecule has 4 heteroatoms. The highest BCUT2D eigenvalue weighted by Gasteiger charge is 2.09. The summed E-state index contributed by atoms with van der Waals surface area (Å²) in [5, 5.41) is 3.99. The summed E-state index contributed by atoms with van der Waals surface area (Å²) < 4.78 is 1.24. The third kappa shape index (κ3) is 3.67. The average Bonchev–Trinajstić information content (AvgIpc) is 2.89. The molecule has 0 N–H and O–H groups in total. The van der Waals surface area contributed by atoms with Gasteiger partial charge in [-0.15, -0.1) is 23.1 Å². The number of hydrogen-bond donors (Lipinski definition) is 0. The van der Waals surface area contributed by atoms with Crippen LogP contribution in [-0.2, 0) is 11.2 Å². The van der Waals surface area contributed by atoms with Gasteiger partial charge in [0.05, 0.1) is 5.75 Å². The lowest BCUT2D eigenvalue weighted by Crippen LogP contribution is -2.05. The minimum absolute atomic E-state index is 0.239. The van der Waals surface area contributed by atoms with Crippen LogP contribution in [0, 0.1) is 0 Å². The molecule has 0 atom stereocenters. The van der Waals surface area contributed by atoms with Crippen molar-refractivity contribution in [3.63, 3.8) is 0 Å². The van der Waals surface area contributed by atoms with Gasteiger partial charge in [-0.05, 0) is 40.6 Å². The molecule has 2 aromatic carbocycles. The molecule has 3 rings (SSSR count). The van der Waals surface area contributed by atoms with Gasteiger partial charge in [0.1, 0.15) is 5.78 Å². The van der Waals surface area contributed by atoms with Crippen LogP contribution in [0.25, 0.3) is 10.1 Å². The minimum atomic E-state index is 0.239. The fraction of sp³-hybridized carbons (Fsp3) is 0.118. The lowest BCUT2D eigenvalue weighted by Gasteiger charge is -2.02. The second-order valence-electron chi connectivity index (χ2n) is 4.72. The van der Waals surface area contributed by atoms with E-state index in [4.69, 9.17) is 11.6 Å². The van der Waals surface area contributed by atoms with Gasteiger partial charge in [0, 0.05) is 21.0 Å². The SMILES string of the molecule is O=C(CSc1cccc(Cl)c1)Cc1csc2ccccc12. The molecule has 0 aliphatic heterocycles. The summed E-state index contributed by atoms with van der Waals surface area (Å²) in [7, 11) is 0. The number of benzene rings is 2. The molecule has 0 saturated carbocycles. The fourth-order valence-electron chi connectivity index (χ4n) is 2.15. The summed E-state index contributed by atoms with van der Waals surface area (Å²) in [5.41, 5.74) is 1.13. The molecule has 0 amide bonds. The topological polar surface area (TPSA) is 17.1 Å². The van der Waals surface area contributed by atoms with E-state index in [0.717, 1.165) is 10.5 Å². The van der Waals surface area contributed by atoms with Gasteiger partial charge in [0.2, 0.25) is 0 Å². The molecule has 1 nitrogen and oxygen atoms in total. The van der Waals surface area contributed by atoms with E-state index < -0.39 is 0 Å². The molecule has 1 aromatic heterocycles. The van der Waals surface area contributed by atoms with Crippen molar-refractivity contribution in [2.75, 3.05) is 5.75 Å². The monoisotopic (exact) mass is 332 g/mol. The third-order valence-electron chi connectivity index (χ3n) is 3.14. The van der Waals surface area contributed by atoms with Crippen LogP contribution in [0.4, 0.5) is 0 Å². The smallest absolute Gasteiger partial charge is 0.147 e. The highest BCUT2D eigenvalue weighted by Crippen LogP contribution is 2.27. The van der Waals surface area contributed by atoms with E-state index in [0.29, 0.717) is 17.2 Å². The number of rotatable bonds is 5. The number of ketones is 1. The largest absolute Gasteiger partial charge is 0.298 e. The molecule has 0 fully saturated rings. The van der Waals surface area contributed by atoms with Gasteiger partial charge >= 0.3 is 0 Å². The molecule has 0 aliphatic rings. The number of carbonyl (C=O) groups excluding carboxylic acids is 1. The summed E-state index contributed by atoms with van der Waals surface area (Å²) in [6.45, 7) is 0. The van der Waals surface area contributed by atoms with Crippen molar-refractivity contribution in [1.82, 2.24) is 0 Å². The Morgan fingerprint density at radius 3 is 2.86 bits per heavy atom. The maximum atomic E-state index is 12.2. The molecule has 0 aliphatic carbocycles. The van der Waals surface area contributed by atoms with Crippen LogP contribution in [0.3, 0.4) is 0 Å². The summed E-state index contributed by atoms with van der Waals surface area (Å²) in [6.07, 6.45) is 0.498. The molecule has 0 saturated heterocycles. The molecule has 0 bridgehead atoms. The Balaban J connectivity index is 1.64.